The van der Waals surface area contributed by atoms with Crippen molar-refractivity contribution in [2.24, 2.45) is 23.2 Å². The molecule has 6 atom stereocenters. The predicted octanol–water partition coefficient (Wildman–Crippen LogP) is 4.44. The van der Waals surface area contributed by atoms with Crippen molar-refractivity contribution in [3.63, 3.8) is 0 Å². The van der Waals surface area contributed by atoms with Crippen molar-refractivity contribution in [1.29, 1.82) is 0 Å². The third-order valence-electron chi connectivity index (χ3n) is 8.79. The summed E-state index contributed by atoms with van der Waals surface area (Å²) in [6.07, 6.45) is 12.0. The maximum Gasteiger partial charge on any atom is 0.230 e. The average Bonchev–Trinajstić information content (AvgIpc) is 3.22. The Labute approximate surface area is 163 Å². The van der Waals surface area contributed by atoms with Crippen molar-refractivity contribution in [2.45, 2.75) is 70.3 Å². The number of imidazole rings is 1. The van der Waals surface area contributed by atoms with Crippen LogP contribution in [0.2, 0.25) is 0 Å². The number of nitrogens with zero attached hydrogens (tertiary/aromatic N) is 2. The van der Waals surface area contributed by atoms with Gasteiger partial charge in [-0.1, -0.05) is 25.5 Å². The Morgan fingerprint density at radius 2 is 1.96 bits per heavy atom. The Kier molecular flexibility index (Phi) is 3.18. The lowest BCUT2D eigenvalue weighted by atomic mass is 9.48. The summed E-state index contributed by atoms with van der Waals surface area (Å²) >= 11 is 1.78. The van der Waals surface area contributed by atoms with Crippen molar-refractivity contribution >= 4 is 16.3 Å². The lowest BCUT2D eigenvalue weighted by molar-refractivity contribution is -0.0171. The highest BCUT2D eigenvalue weighted by Crippen LogP contribution is 2.64. The van der Waals surface area contributed by atoms with Gasteiger partial charge in [-0.05, 0) is 68.1 Å². The molecule has 0 saturated heterocycles. The Bertz CT molecular complexity index is 975. The molecule has 2 heterocycles. The maximum absolute atomic E-state index is 10.2. The van der Waals surface area contributed by atoms with Gasteiger partial charge >= 0.3 is 0 Å². The first-order chi connectivity index (χ1) is 12.9. The molecule has 0 radical (unpaired) electrons. The Morgan fingerprint density at radius 3 is 2.81 bits per heavy atom. The largest absolute Gasteiger partial charge is 0.492 e. The number of fused-ring (bicyclic) bond motifs is 9. The number of allylic oxidation sites excluding steroid dienone is 1. The van der Waals surface area contributed by atoms with E-state index in [0.29, 0.717) is 11.3 Å². The van der Waals surface area contributed by atoms with Crippen LogP contribution in [0.1, 0.15) is 62.9 Å². The number of hydrogen-bond donors (Lipinski definition) is 2. The van der Waals surface area contributed by atoms with E-state index < -0.39 is 0 Å². The molecule has 27 heavy (non-hydrogen) atoms. The van der Waals surface area contributed by atoms with Gasteiger partial charge < -0.3 is 10.2 Å². The summed E-state index contributed by atoms with van der Waals surface area (Å²) in [5, 5.41) is 20.0. The van der Waals surface area contributed by atoms with E-state index in [-0.39, 0.29) is 17.4 Å². The molecule has 0 bridgehead atoms. The van der Waals surface area contributed by atoms with Gasteiger partial charge in [0.1, 0.15) is 0 Å². The van der Waals surface area contributed by atoms with Crippen LogP contribution in [0.4, 0.5) is 0 Å². The van der Waals surface area contributed by atoms with Gasteiger partial charge in [-0.15, -0.1) is 11.3 Å². The van der Waals surface area contributed by atoms with Crippen molar-refractivity contribution in [3.8, 4) is 5.88 Å². The molecule has 0 aromatic carbocycles. The van der Waals surface area contributed by atoms with E-state index in [1.165, 1.54) is 36.3 Å². The highest BCUT2D eigenvalue weighted by molar-refractivity contribution is 7.17. The molecule has 4 aliphatic carbocycles. The van der Waals surface area contributed by atoms with Crippen LogP contribution in [0.3, 0.4) is 0 Å². The fourth-order valence-electron chi connectivity index (χ4n) is 7.44. The first kappa shape index (κ1) is 16.6. The number of aliphatic hydroxyl groups excluding tert-OH is 1. The van der Waals surface area contributed by atoms with Gasteiger partial charge in [0.15, 0.2) is 4.96 Å². The van der Waals surface area contributed by atoms with Gasteiger partial charge in [0, 0.05) is 16.0 Å². The van der Waals surface area contributed by atoms with Crippen LogP contribution >= 0.6 is 11.3 Å². The summed E-state index contributed by atoms with van der Waals surface area (Å²) in [6.45, 7) is 4.95. The van der Waals surface area contributed by atoms with Crippen molar-refractivity contribution in [1.82, 2.24) is 9.38 Å². The molecule has 2 fully saturated rings. The van der Waals surface area contributed by atoms with Crippen LogP contribution in [0.25, 0.3) is 4.96 Å². The maximum atomic E-state index is 10.2. The Morgan fingerprint density at radius 1 is 1.15 bits per heavy atom. The first-order valence-electron chi connectivity index (χ1n) is 10.5. The van der Waals surface area contributed by atoms with Gasteiger partial charge in [0.25, 0.3) is 0 Å². The molecule has 4 nitrogen and oxygen atoms in total. The molecule has 144 valence electrons. The number of rotatable bonds is 0. The third kappa shape index (κ3) is 2.00. The van der Waals surface area contributed by atoms with Crippen LogP contribution < -0.4 is 0 Å². The predicted molar refractivity (Wildman–Crippen MR) is 106 cm³/mol. The van der Waals surface area contributed by atoms with Crippen LogP contribution in [0.5, 0.6) is 5.88 Å². The minimum atomic E-state index is -0.129. The quantitative estimate of drug-likeness (QED) is 0.660. The summed E-state index contributed by atoms with van der Waals surface area (Å²) in [7, 11) is 0. The van der Waals surface area contributed by atoms with Gasteiger partial charge in [0.2, 0.25) is 5.88 Å². The summed E-state index contributed by atoms with van der Waals surface area (Å²) in [5.41, 5.74) is 3.46. The van der Waals surface area contributed by atoms with E-state index in [1.807, 2.05) is 6.20 Å². The second-order valence-electron chi connectivity index (χ2n) is 9.94. The van der Waals surface area contributed by atoms with E-state index in [4.69, 9.17) is 0 Å². The second kappa shape index (κ2) is 5.18. The zero-order valence-electron chi connectivity index (χ0n) is 16.1. The van der Waals surface area contributed by atoms with Crippen molar-refractivity contribution < 1.29 is 10.2 Å². The second-order valence-corrected chi connectivity index (χ2v) is 11.0. The molecular formula is C22H28N2O2S. The Balaban J connectivity index is 1.42. The topological polar surface area (TPSA) is 57.8 Å². The van der Waals surface area contributed by atoms with Crippen LogP contribution in [0, 0.1) is 23.2 Å². The molecule has 0 aliphatic heterocycles. The number of hydrogen-bond acceptors (Lipinski definition) is 4. The molecule has 2 N–H and O–H groups in total. The summed E-state index contributed by atoms with van der Waals surface area (Å²) < 4.78 is 2.18. The van der Waals surface area contributed by atoms with Gasteiger partial charge in [-0.2, -0.15) is 4.98 Å². The lowest BCUT2D eigenvalue weighted by Gasteiger charge is -2.57. The third-order valence-corrected chi connectivity index (χ3v) is 9.87. The average molecular weight is 385 g/mol. The monoisotopic (exact) mass is 384 g/mol. The van der Waals surface area contributed by atoms with E-state index in [0.717, 1.165) is 36.1 Å². The SMILES string of the molecule is CC12CCC(O)CC1=CCC1C2CCC2(C)c3c(sc4nc(O)cn34)CC12. The Hall–Kier alpha value is -1.33. The van der Waals surface area contributed by atoms with E-state index >= 15 is 0 Å². The molecule has 5 heteroatoms. The van der Waals surface area contributed by atoms with E-state index in [2.05, 4.69) is 29.3 Å². The summed E-state index contributed by atoms with van der Waals surface area (Å²) in [6, 6.07) is 0. The number of aromatic hydroxyl groups is 1. The molecule has 4 aliphatic rings. The van der Waals surface area contributed by atoms with Crippen LogP contribution in [-0.4, -0.2) is 25.7 Å². The van der Waals surface area contributed by atoms with Gasteiger partial charge in [-0.25, -0.2) is 0 Å². The van der Waals surface area contributed by atoms with Crippen LogP contribution in [-0.2, 0) is 11.8 Å². The molecule has 2 saturated carbocycles. The highest BCUT2D eigenvalue weighted by atomic mass is 32.1. The minimum Gasteiger partial charge on any atom is -0.492 e. The summed E-state index contributed by atoms with van der Waals surface area (Å²) in [5.74, 6) is 2.32. The molecule has 0 amide bonds. The highest BCUT2D eigenvalue weighted by Gasteiger charge is 2.58. The fourth-order valence-corrected chi connectivity index (χ4v) is 8.73. The molecule has 2 aromatic rings. The van der Waals surface area contributed by atoms with Gasteiger partial charge in [-0.3, -0.25) is 4.40 Å². The summed E-state index contributed by atoms with van der Waals surface area (Å²) in [4.78, 5) is 6.74. The molecule has 0 spiro atoms. The fraction of sp³-hybridized carbons (Fsp3) is 0.682. The molecule has 6 unspecified atom stereocenters. The standard InChI is InChI=1S/C22H28N2O2S/c1-21-7-5-13(25)9-12(21)3-4-14-15(21)6-8-22(2)16(14)10-17-19(22)24-11-18(26)23-20(24)27-17/h3,11,13-16,25-26H,4-10H2,1-2H3. The zero-order valence-corrected chi connectivity index (χ0v) is 16.9. The first-order valence-corrected chi connectivity index (χ1v) is 11.3. The van der Waals surface area contributed by atoms with Crippen molar-refractivity contribution in [2.75, 3.05) is 0 Å². The normalized spacial score (nSPS) is 43.0. The van der Waals surface area contributed by atoms with Crippen LogP contribution in [0.15, 0.2) is 17.8 Å². The number of aromatic nitrogens is 2. The smallest absolute Gasteiger partial charge is 0.230 e. The molecular weight excluding hydrogens is 356 g/mol. The lowest BCUT2D eigenvalue weighted by Crippen LogP contribution is -2.51. The number of aliphatic hydroxyl groups is 1. The molecule has 2 aromatic heterocycles. The van der Waals surface area contributed by atoms with E-state index in [1.54, 1.807) is 16.9 Å². The minimum absolute atomic E-state index is 0.129. The molecule has 6 rings (SSSR count). The zero-order chi connectivity index (χ0) is 18.6. The van der Waals surface area contributed by atoms with E-state index in [9.17, 15) is 10.2 Å². The van der Waals surface area contributed by atoms with Gasteiger partial charge in [0.05, 0.1) is 12.3 Å². The van der Waals surface area contributed by atoms with Crippen molar-refractivity contribution in [3.05, 3.63) is 28.4 Å². The number of thiazole rings is 1.